The zero-order valence-electron chi connectivity index (χ0n) is 6.70. The molecule has 64 valence electrons. The number of aromatic nitrogens is 1. The molecule has 5 heteroatoms. The molecule has 0 saturated carbocycles. The molecule has 0 atom stereocenters. The number of nitrogen functional groups attached to an aromatic ring is 1. The van der Waals surface area contributed by atoms with E-state index in [2.05, 4.69) is 4.37 Å². The molecular formula is C7H9N3OS. The summed E-state index contributed by atoms with van der Waals surface area (Å²) in [6.07, 6.45) is 0.891. The lowest BCUT2D eigenvalue weighted by atomic mass is 10.4. The van der Waals surface area contributed by atoms with E-state index in [1.807, 2.05) is 13.0 Å². The summed E-state index contributed by atoms with van der Waals surface area (Å²) in [5, 5.41) is 9.06. The van der Waals surface area contributed by atoms with E-state index in [-0.39, 0.29) is 0 Å². The maximum Gasteiger partial charge on any atom is 0.245 e. The summed E-state index contributed by atoms with van der Waals surface area (Å²) in [7, 11) is 0. The van der Waals surface area contributed by atoms with E-state index in [0.29, 0.717) is 23.1 Å². The minimum Gasteiger partial charge on any atom is -0.476 e. The Bertz CT molecular complexity index is 302. The Morgan fingerprint density at radius 1 is 1.75 bits per heavy atom. The summed E-state index contributed by atoms with van der Waals surface area (Å²) in [5.41, 5.74) is 5.83. The van der Waals surface area contributed by atoms with Crippen LogP contribution >= 0.6 is 11.5 Å². The van der Waals surface area contributed by atoms with E-state index in [1.165, 1.54) is 0 Å². The Kier molecular flexibility index (Phi) is 2.88. The molecule has 0 spiro atoms. The van der Waals surface area contributed by atoms with Gasteiger partial charge in [-0.3, -0.25) is 0 Å². The minimum absolute atomic E-state index is 0.355. The van der Waals surface area contributed by atoms with Crippen LogP contribution in [0.15, 0.2) is 0 Å². The zero-order valence-corrected chi connectivity index (χ0v) is 7.52. The zero-order chi connectivity index (χ0) is 8.97. The quantitative estimate of drug-likeness (QED) is 0.768. The van der Waals surface area contributed by atoms with Crippen molar-refractivity contribution in [3.05, 3.63) is 5.56 Å². The van der Waals surface area contributed by atoms with Crippen LogP contribution in [0.1, 0.15) is 18.9 Å². The SMILES string of the molecule is CCCOc1nsc(N)c1C#N. The number of hydrogen-bond acceptors (Lipinski definition) is 5. The van der Waals surface area contributed by atoms with Gasteiger partial charge in [-0.2, -0.15) is 9.64 Å². The third kappa shape index (κ3) is 1.66. The van der Waals surface area contributed by atoms with Crippen LogP contribution < -0.4 is 10.5 Å². The molecule has 0 amide bonds. The van der Waals surface area contributed by atoms with E-state index >= 15 is 0 Å². The molecular weight excluding hydrogens is 174 g/mol. The summed E-state index contributed by atoms with van der Waals surface area (Å²) in [6, 6.07) is 1.95. The molecule has 4 nitrogen and oxygen atoms in total. The third-order valence-corrected chi connectivity index (χ3v) is 1.90. The lowest BCUT2D eigenvalue weighted by molar-refractivity contribution is 0.308. The first kappa shape index (κ1) is 8.81. The summed E-state index contributed by atoms with van der Waals surface area (Å²) < 4.78 is 9.09. The summed E-state index contributed by atoms with van der Waals surface area (Å²) in [4.78, 5) is 0. The first-order valence-corrected chi connectivity index (χ1v) is 4.35. The highest BCUT2D eigenvalue weighted by atomic mass is 32.1. The number of ether oxygens (including phenoxy) is 1. The van der Waals surface area contributed by atoms with Crippen molar-refractivity contribution in [2.75, 3.05) is 12.3 Å². The van der Waals surface area contributed by atoms with Crippen LogP contribution in [0.2, 0.25) is 0 Å². The Morgan fingerprint density at radius 2 is 2.50 bits per heavy atom. The Morgan fingerprint density at radius 3 is 3.08 bits per heavy atom. The third-order valence-electron chi connectivity index (χ3n) is 1.24. The van der Waals surface area contributed by atoms with Gasteiger partial charge in [0.2, 0.25) is 5.88 Å². The number of nitrogens with zero attached hydrogens (tertiary/aromatic N) is 2. The minimum atomic E-state index is 0.355. The molecule has 2 N–H and O–H groups in total. The molecule has 0 aromatic carbocycles. The van der Waals surface area contributed by atoms with E-state index in [4.69, 9.17) is 15.7 Å². The van der Waals surface area contributed by atoms with Crippen LogP contribution in [-0.2, 0) is 0 Å². The van der Waals surface area contributed by atoms with Crippen molar-refractivity contribution < 1.29 is 4.74 Å². The molecule has 0 bridgehead atoms. The van der Waals surface area contributed by atoms with Gasteiger partial charge in [0.25, 0.3) is 0 Å². The smallest absolute Gasteiger partial charge is 0.245 e. The van der Waals surface area contributed by atoms with E-state index in [9.17, 15) is 0 Å². The average Bonchev–Trinajstić information content (AvgIpc) is 2.43. The van der Waals surface area contributed by atoms with Gasteiger partial charge in [0, 0.05) is 0 Å². The number of anilines is 1. The molecule has 0 fully saturated rings. The fourth-order valence-corrected chi connectivity index (χ4v) is 1.24. The highest BCUT2D eigenvalue weighted by Crippen LogP contribution is 2.26. The lowest BCUT2D eigenvalue weighted by Gasteiger charge is -1.98. The van der Waals surface area contributed by atoms with Gasteiger partial charge in [0.1, 0.15) is 16.6 Å². The Hall–Kier alpha value is -1.28. The van der Waals surface area contributed by atoms with Gasteiger partial charge in [-0.1, -0.05) is 6.92 Å². The van der Waals surface area contributed by atoms with Crippen molar-refractivity contribution in [2.24, 2.45) is 0 Å². The number of hydrogen-bond donors (Lipinski definition) is 1. The normalized spacial score (nSPS) is 9.33. The van der Waals surface area contributed by atoms with Gasteiger partial charge < -0.3 is 10.5 Å². The highest BCUT2D eigenvalue weighted by Gasteiger charge is 2.11. The first-order chi connectivity index (χ1) is 5.79. The average molecular weight is 183 g/mol. The van der Waals surface area contributed by atoms with E-state index in [1.54, 1.807) is 0 Å². The fourth-order valence-electron chi connectivity index (χ4n) is 0.687. The van der Waals surface area contributed by atoms with Gasteiger partial charge >= 0.3 is 0 Å². The second kappa shape index (κ2) is 3.93. The monoisotopic (exact) mass is 183 g/mol. The van der Waals surface area contributed by atoms with Crippen LogP contribution in [0, 0.1) is 11.3 Å². The van der Waals surface area contributed by atoms with Gasteiger partial charge in [-0.15, -0.1) is 0 Å². The Labute approximate surface area is 74.7 Å². The van der Waals surface area contributed by atoms with Crippen molar-refractivity contribution in [1.29, 1.82) is 5.26 Å². The summed E-state index contributed by atoms with van der Waals surface area (Å²) in [5.74, 6) is 0.363. The van der Waals surface area contributed by atoms with Crippen molar-refractivity contribution in [2.45, 2.75) is 13.3 Å². The van der Waals surface area contributed by atoms with Crippen LogP contribution in [0.25, 0.3) is 0 Å². The maximum absolute atomic E-state index is 8.64. The maximum atomic E-state index is 8.64. The van der Waals surface area contributed by atoms with Crippen molar-refractivity contribution in [3.8, 4) is 11.9 Å². The first-order valence-electron chi connectivity index (χ1n) is 3.57. The van der Waals surface area contributed by atoms with Gasteiger partial charge in [-0.25, -0.2) is 0 Å². The number of nitrogens with two attached hydrogens (primary N) is 1. The molecule has 12 heavy (non-hydrogen) atoms. The van der Waals surface area contributed by atoms with Crippen LogP contribution in [0.3, 0.4) is 0 Å². The van der Waals surface area contributed by atoms with Crippen molar-refractivity contribution in [1.82, 2.24) is 4.37 Å². The fraction of sp³-hybridized carbons (Fsp3) is 0.429. The molecule has 1 aromatic heterocycles. The molecule has 0 saturated heterocycles. The summed E-state index contributed by atoms with van der Waals surface area (Å²) >= 11 is 1.09. The van der Waals surface area contributed by atoms with Crippen LogP contribution in [0.5, 0.6) is 5.88 Å². The topological polar surface area (TPSA) is 71.9 Å². The predicted octanol–water partition coefficient (Wildman–Crippen LogP) is 1.39. The van der Waals surface area contributed by atoms with Gasteiger partial charge in [0.15, 0.2) is 0 Å². The van der Waals surface area contributed by atoms with Crippen molar-refractivity contribution >= 4 is 16.5 Å². The standard InChI is InChI=1S/C7H9N3OS/c1-2-3-11-7-5(4-8)6(9)12-10-7/h2-3,9H2,1H3. The molecule has 0 aliphatic carbocycles. The van der Waals surface area contributed by atoms with Gasteiger partial charge in [0.05, 0.1) is 6.61 Å². The molecule has 0 aliphatic rings. The predicted molar refractivity (Wildman–Crippen MR) is 47.0 cm³/mol. The Balaban J connectivity index is 2.79. The van der Waals surface area contributed by atoms with E-state index in [0.717, 1.165) is 18.0 Å². The number of rotatable bonds is 3. The van der Waals surface area contributed by atoms with E-state index < -0.39 is 0 Å². The van der Waals surface area contributed by atoms with Crippen molar-refractivity contribution in [3.63, 3.8) is 0 Å². The molecule has 1 aromatic rings. The van der Waals surface area contributed by atoms with Crippen LogP contribution in [-0.4, -0.2) is 11.0 Å². The number of nitriles is 1. The second-order valence-corrected chi connectivity index (χ2v) is 2.99. The summed E-state index contributed by atoms with van der Waals surface area (Å²) in [6.45, 7) is 2.56. The molecule has 0 unspecified atom stereocenters. The lowest BCUT2D eigenvalue weighted by Crippen LogP contribution is -1.97. The molecule has 1 heterocycles. The molecule has 0 aliphatic heterocycles. The van der Waals surface area contributed by atoms with Gasteiger partial charge in [-0.05, 0) is 18.0 Å². The second-order valence-electron chi connectivity index (χ2n) is 2.19. The molecule has 1 rings (SSSR count). The highest BCUT2D eigenvalue weighted by molar-refractivity contribution is 7.10. The molecule has 0 radical (unpaired) electrons. The van der Waals surface area contributed by atoms with Crippen LogP contribution in [0.4, 0.5) is 5.00 Å². The largest absolute Gasteiger partial charge is 0.476 e.